The van der Waals surface area contributed by atoms with Gasteiger partial charge in [0.2, 0.25) is 0 Å². The standard InChI is InChI=1S/C23H24N2O4/c1-14-20(17-6-8-18(9-7-17)23(28)29-3)21(22(24)27)15(2)25(14)13-12-16-4-10-19(26)11-5-16/h4-11,26H,12-13H2,1-3H3,(H2,24,27). The van der Waals surface area contributed by atoms with Crippen molar-refractivity contribution in [3.8, 4) is 16.9 Å². The maximum Gasteiger partial charge on any atom is 0.337 e. The molecule has 1 heterocycles. The number of esters is 1. The summed E-state index contributed by atoms with van der Waals surface area (Å²) in [6.45, 7) is 4.51. The van der Waals surface area contributed by atoms with Crippen molar-refractivity contribution in [2.75, 3.05) is 7.11 Å². The Morgan fingerprint density at radius 2 is 1.62 bits per heavy atom. The molecule has 0 aliphatic heterocycles. The molecule has 3 rings (SSSR count). The van der Waals surface area contributed by atoms with Gasteiger partial charge in [0.1, 0.15) is 5.75 Å². The van der Waals surface area contributed by atoms with E-state index in [4.69, 9.17) is 10.5 Å². The third-order valence-electron chi connectivity index (χ3n) is 5.18. The summed E-state index contributed by atoms with van der Waals surface area (Å²) in [5.41, 5.74) is 11.0. The predicted octanol–water partition coefficient (Wildman–Crippen LogP) is 3.61. The van der Waals surface area contributed by atoms with Crippen LogP contribution >= 0.6 is 0 Å². The molecular weight excluding hydrogens is 368 g/mol. The largest absolute Gasteiger partial charge is 0.508 e. The number of aromatic hydroxyl groups is 1. The molecule has 0 saturated carbocycles. The molecule has 29 heavy (non-hydrogen) atoms. The average molecular weight is 392 g/mol. The summed E-state index contributed by atoms with van der Waals surface area (Å²) in [7, 11) is 1.34. The highest BCUT2D eigenvalue weighted by Gasteiger charge is 2.22. The highest BCUT2D eigenvalue weighted by atomic mass is 16.5. The molecule has 150 valence electrons. The van der Waals surface area contributed by atoms with E-state index in [0.29, 0.717) is 17.7 Å². The maximum absolute atomic E-state index is 12.2. The molecule has 2 aromatic carbocycles. The van der Waals surface area contributed by atoms with E-state index in [2.05, 4.69) is 4.57 Å². The van der Waals surface area contributed by atoms with Gasteiger partial charge < -0.3 is 20.1 Å². The van der Waals surface area contributed by atoms with Gasteiger partial charge >= 0.3 is 5.97 Å². The molecule has 0 saturated heterocycles. The van der Waals surface area contributed by atoms with Crippen LogP contribution in [0, 0.1) is 13.8 Å². The Balaban J connectivity index is 1.99. The Hall–Kier alpha value is -3.54. The molecule has 3 aromatic rings. The summed E-state index contributed by atoms with van der Waals surface area (Å²) in [5, 5.41) is 9.44. The van der Waals surface area contributed by atoms with E-state index in [1.54, 1.807) is 36.4 Å². The Bertz CT molecular complexity index is 1050. The van der Waals surface area contributed by atoms with E-state index in [-0.39, 0.29) is 5.75 Å². The molecule has 0 aliphatic rings. The molecule has 0 radical (unpaired) electrons. The highest BCUT2D eigenvalue weighted by Crippen LogP contribution is 2.32. The van der Waals surface area contributed by atoms with Crippen LogP contribution in [0.5, 0.6) is 5.75 Å². The number of carbonyl (C=O) groups excluding carboxylic acids is 2. The van der Waals surface area contributed by atoms with Gasteiger partial charge in [-0.2, -0.15) is 0 Å². The van der Waals surface area contributed by atoms with Crippen LogP contribution in [0.25, 0.3) is 11.1 Å². The lowest BCUT2D eigenvalue weighted by Crippen LogP contribution is -2.14. The minimum atomic E-state index is -0.485. The van der Waals surface area contributed by atoms with E-state index >= 15 is 0 Å². The van der Waals surface area contributed by atoms with Crippen molar-refractivity contribution in [2.24, 2.45) is 5.73 Å². The van der Waals surface area contributed by atoms with Crippen LogP contribution in [-0.4, -0.2) is 28.7 Å². The number of benzene rings is 2. The molecule has 3 N–H and O–H groups in total. The van der Waals surface area contributed by atoms with Crippen LogP contribution in [0.2, 0.25) is 0 Å². The van der Waals surface area contributed by atoms with E-state index in [0.717, 1.165) is 34.5 Å². The first-order valence-electron chi connectivity index (χ1n) is 9.29. The summed E-state index contributed by atoms with van der Waals surface area (Å²) in [4.78, 5) is 23.9. The van der Waals surface area contributed by atoms with Crippen LogP contribution in [0.3, 0.4) is 0 Å². The molecule has 0 aliphatic carbocycles. The summed E-state index contributed by atoms with van der Waals surface area (Å²) < 4.78 is 6.82. The Morgan fingerprint density at radius 3 is 2.17 bits per heavy atom. The molecule has 1 amide bonds. The fourth-order valence-electron chi connectivity index (χ4n) is 3.67. The van der Waals surface area contributed by atoms with E-state index in [1.165, 1.54) is 7.11 Å². The third-order valence-corrected chi connectivity index (χ3v) is 5.18. The van der Waals surface area contributed by atoms with Crippen LogP contribution < -0.4 is 5.73 Å². The number of carbonyl (C=O) groups is 2. The zero-order valence-electron chi connectivity index (χ0n) is 16.7. The second-order valence-electron chi connectivity index (χ2n) is 6.92. The second kappa shape index (κ2) is 8.22. The number of amides is 1. The van der Waals surface area contributed by atoms with Crippen molar-refractivity contribution in [3.63, 3.8) is 0 Å². The number of hydrogen-bond donors (Lipinski definition) is 2. The maximum atomic E-state index is 12.2. The number of aryl methyl sites for hydroxylation is 1. The van der Waals surface area contributed by atoms with Gasteiger partial charge in [-0.05, 0) is 55.7 Å². The number of hydrogen-bond acceptors (Lipinski definition) is 4. The fraction of sp³-hybridized carbons (Fsp3) is 0.217. The van der Waals surface area contributed by atoms with Gasteiger partial charge in [-0.3, -0.25) is 4.79 Å². The average Bonchev–Trinajstić information content (AvgIpc) is 2.97. The first-order valence-corrected chi connectivity index (χ1v) is 9.29. The Kier molecular flexibility index (Phi) is 5.73. The molecule has 0 unspecified atom stereocenters. The minimum absolute atomic E-state index is 0.232. The predicted molar refractivity (Wildman–Crippen MR) is 111 cm³/mol. The smallest absolute Gasteiger partial charge is 0.337 e. The van der Waals surface area contributed by atoms with Gasteiger partial charge in [-0.1, -0.05) is 24.3 Å². The molecule has 0 bridgehead atoms. The summed E-state index contributed by atoms with van der Waals surface area (Å²) in [6.07, 6.45) is 0.746. The highest BCUT2D eigenvalue weighted by molar-refractivity contribution is 6.02. The van der Waals surface area contributed by atoms with Crippen LogP contribution in [0.15, 0.2) is 48.5 Å². The lowest BCUT2D eigenvalue weighted by Gasteiger charge is -2.10. The van der Waals surface area contributed by atoms with Crippen LogP contribution in [-0.2, 0) is 17.7 Å². The summed E-state index contributed by atoms with van der Waals surface area (Å²) in [5.74, 6) is -0.664. The first-order chi connectivity index (χ1) is 13.8. The molecule has 6 heteroatoms. The zero-order valence-corrected chi connectivity index (χ0v) is 16.7. The molecule has 1 aromatic heterocycles. The van der Waals surface area contributed by atoms with Gasteiger partial charge in [0.05, 0.1) is 18.2 Å². The molecule has 0 spiro atoms. The Labute approximate surface area is 169 Å². The minimum Gasteiger partial charge on any atom is -0.508 e. The van der Waals surface area contributed by atoms with E-state index in [9.17, 15) is 14.7 Å². The van der Waals surface area contributed by atoms with E-state index in [1.807, 2.05) is 26.0 Å². The lowest BCUT2D eigenvalue weighted by molar-refractivity contribution is 0.0600. The van der Waals surface area contributed by atoms with Crippen LogP contribution in [0.1, 0.15) is 37.7 Å². The van der Waals surface area contributed by atoms with Gasteiger partial charge in [0.25, 0.3) is 5.91 Å². The number of nitrogens with two attached hydrogens (primary N) is 1. The van der Waals surface area contributed by atoms with Gasteiger partial charge in [0.15, 0.2) is 0 Å². The number of rotatable bonds is 6. The first kappa shape index (κ1) is 20.2. The van der Waals surface area contributed by atoms with Gasteiger partial charge in [-0.25, -0.2) is 4.79 Å². The van der Waals surface area contributed by atoms with Crippen molar-refractivity contribution < 1.29 is 19.4 Å². The van der Waals surface area contributed by atoms with Crippen molar-refractivity contribution in [2.45, 2.75) is 26.8 Å². The molecule has 6 nitrogen and oxygen atoms in total. The SMILES string of the molecule is COC(=O)c1ccc(-c2c(C(N)=O)c(C)n(CCc3ccc(O)cc3)c2C)cc1. The topological polar surface area (TPSA) is 94.5 Å². The summed E-state index contributed by atoms with van der Waals surface area (Å²) in [6, 6.07) is 14.0. The monoisotopic (exact) mass is 392 g/mol. The molecule has 0 fully saturated rings. The molecular formula is C23H24N2O4. The lowest BCUT2D eigenvalue weighted by atomic mass is 9.99. The van der Waals surface area contributed by atoms with Crippen LogP contribution in [0.4, 0.5) is 0 Å². The quantitative estimate of drug-likeness (QED) is 0.627. The number of aromatic nitrogens is 1. The number of phenols is 1. The van der Waals surface area contributed by atoms with Crippen molar-refractivity contribution in [1.82, 2.24) is 4.57 Å². The van der Waals surface area contributed by atoms with Gasteiger partial charge in [-0.15, -0.1) is 0 Å². The molecule has 0 atom stereocenters. The van der Waals surface area contributed by atoms with Crippen molar-refractivity contribution in [1.29, 1.82) is 0 Å². The van der Waals surface area contributed by atoms with Crippen molar-refractivity contribution in [3.05, 3.63) is 76.6 Å². The summed E-state index contributed by atoms with van der Waals surface area (Å²) >= 11 is 0. The normalized spacial score (nSPS) is 10.7. The fourth-order valence-corrected chi connectivity index (χ4v) is 3.67. The Morgan fingerprint density at radius 1 is 1.00 bits per heavy atom. The number of phenolic OH excluding ortho intramolecular Hbond substituents is 1. The number of primary amides is 1. The second-order valence-corrected chi connectivity index (χ2v) is 6.92. The number of ether oxygens (including phenoxy) is 1. The number of methoxy groups -OCH3 is 1. The van der Waals surface area contributed by atoms with Crippen molar-refractivity contribution >= 4 is 11.9 Å². The van der Waals surface area contributed by atoms with Gasteiger partial charge in [0, 0.05) is 23.5 Å². The third kappa shape index (κ3) is 4.01. The van der Waals surface area contributed by atoms with E-state index < -0.39 is 11.9 Å². The zero-order chi connectivity index (χ0) is 21.1. The number of nitrogens with zero attached hydrogens (tertiary/aromatic N) is 1.